The highest BCUT2D eigenvalue weighted by Gasteiger charge is 2.38. The van der Waals surface area contributed by atoms with Gasteiger partial charge in [0.05, 0.1) is 17.7 Å². The molecule has 9 nitrogen and oxygen atoms in total. The van der Waals surface area contributed by atoms with Crippen LogP contribution in [-0.4, -0.2) is 53.0 Å². The molecule has 2 aliphatic rings. The Bertz CT molecular complexity index is 1450. The molecule has 198 valence electrons. The molecule has 0 spiro atoms. The summed E-state index contributed by atoms with van der Waals surface area (Å²) in [5, 5.41) is 16.4. The van der Waals surface area contributed by atoms with Gasteiger partial charge in [-0.1, -0.05) is 17.7 Å². The molecule has 1 saturated heterocycles. The first kappa shape index (κ1) is 26.2. The van der Waals surface area contributed by atoms with Crippen LogP contribution in [-0.2, 0) is 9.53 Å². The Balaban J connectivity index is 1.53. The maximum Gasteiger partial charge on any atom is 0.355 e. The first-order valence-corrected chi connectivity index (χ1v) is 13.6. The number of benzene rings is 1. The van der Waals surface area contributed by atoms with E-state index in [1.54, 1.807) is 11.6 Å². The minimum absolute atomic E-state index is 0.00712. The number of carboxylic acids is 1. The molecule has 0 aliphatic carbocycles. The lowest BCUT2D eigenvalue weighted by atomic mass is 9.85. The van der Waals surface area contributed by atoms with Gasteiger partial charge < -0.3 is 20.1 Å². The van der Waals surface area contributed by atoms with Crippen LogP contribution in [0.3, 0.4) is 0 Å². The zero-order valence-corrected chi connectivity index (χ0v) is 22.2. The maximum absolute atomic E-state index is 14.5. The average Bonchev–Trinajstić information content (AvgIpc) is 3.64. The number of anilines is 1. The van der Waals surface area contributed by atoms with Crippen molar-refractivity contribution in [3.63, 3.8) is 0 Å². The van der Waals surface area contributed by atoms with Crippen LogP contribution in [0.4, 0.5) is 13.9 Å². The molecule has 0 bridgehead atoms. The zero-order valence-electron chi connectivity index (χ0n) is 19.8. The van der Waals surface area contributed by atoms with E-state index in [-0.39, 0.29) is 22.7 Å². The molecule has 1 fully saturated rings. The molecular formula is C24H20ClF2N5O4S2. The molecule has 1 aromatic carbocycles. The highest BCUT2D eigenvalue weighted by Crippen LogP contribution is 2.41. The summed E-state index contributed by atoms with van der Waals surface area (Å²) in [5.74, 6) is -3.87. The number of esters is 1. The van der Waals surface area contributed by atoms with Gasteiger partial charge in [-0.3, -0.25) is 4.99 Å². The molecule has 38 heavy (non-hydrogen) atoms. The number of halogens is 3. The van der Waals surface area contributed by atoms with Crippen LogP contribution in [0.25, 0.3) is 0 Å². The van der Waals surface area contributed by atoms with Gasteiger partial charge in [0.2, 0.25) is 0 Å². The van der Waals surface area contributed by atoms with Gasteiger partial charge in [-0.25, -0.2) is 28.3 Å². The molecule has 2 N–H and O–H groups in total. The number of carbonyl (C=O) groups is 2. The van der Waals surface area contributed by atoms with Crippen LogP contribution in [0.2, 0.25) is 5.02 Å². The number of hydrogen-bond acceptors (Lipinski definition) is 10. The number of carbonyl (C=O) groups excluding carboxylic acids is 1. The number of ether oxygens (including phenoxy) is 1. The molecule has 0 saturated carbocycles. The highest BCUT2D eigenvalue weighted by atomic mass is 35.5. The monoisotopic (exact) mass is 579 g/mol. The number of carboxylic acid groups (broad SMARTS) is 1. The quantitative estimate of drug-likeness (QED) is 0.320. The van der Waals surface area contributed by atoms with E-state index in [0.29, 0.717) is 47.6 Å². The number of nitrogens with one attached hydrogen (secondary N) is 1. The van der Waals surface area contributed by atoms with Gasteiger partial charge in [0.25, 0.3) is 0 Å². The van der Waals surface area contributed by atoms with Crippen molar-refractivity contribution in [3.05, 3.63) is 73.3 Å². The number of rotatable bonds is 6. The molecule has 14 heteroatoms. The van der Waals surface area contributed by atoms with Crippen LogP contribution in [0.1, 0.15) is 39.9 Å². The summed E-state index contributed by atoms with van der Waals surface area (Å²) in [6.45, 7) is 1.11. The highest BCUT2D eigenvalue weighted by molar-refractivity contribution is 7.14. The van der Waals surface area contributed by atoms with E-state index in [9.17, 15) is 23.5 Å². The van der Waals surface area contributed by atoms with Gasteiger partial charge in [-0.15, -0.1) is 22.7 Å². The SMILES string of the molecule is COC(=O)C1=C(C2CCN(c3nc(C(=O)O)cs3)CC2)NC(c2nccs2)=NC1c1ccc(F)c(F)c1Cl. The van der Waals surface area contributed by atoms with Gasteiger partial charge >= 0.3 is 11.9 Å². The zero-order chi connectivity index (χ0) is 27.0. The van der Waals surface area contributed by atoms with E-state index in [2.05, 4.69) is 20.3 Å². The van der Waals surface area contributed by atoms with E-state index >= 15 is 0 Å². The van der Waals surface area contributed by atoms with E-state index < -0.39 is 34.6 Å². The molecule has 4 heterocycles. The second kappa shape index (κ2) is 10.8. The summed E-state index contributed by atoms with van der Waals surface area (Å²) in [4.78, 5) is 39.5. The third-order valence-electron chi connectivity index (χ3n) is 6.36. The van der Waals surface area contributed by atoms with Gasteiger partial charge in [0, 0.05) is 47.2 Å². The van der Waals surface area contributed by atoms with Crippen molar-refractivity contribution in [2.45, 2.75) is 18.9 Å². The number of hydrogen-bond donors (Lipinski definition) is 2. The third-order valence-corrected chi connectivity index (χ3v) is 8.42. The van der Waals surface area contributed by atoms with Crippen molar-refractivity contribution in [1.82, 2.24) is 15.3 Å². The van der Waals surface area contributed by atoms with Crippen LogP contribution in [0.15, 0.2) is 45.4 Å². The topological polar surface area (TPSA) is 117 Å². The molecule has 5 rings (SSSR count). The normalized spacial score (nSPS) is 18.3. The fourth-order valence-electron chi connectivity index (χ4n) is 4.51. The maximum atomic E-state index is 14.5. The number of aliphatic imine (C=N–C) groups is 1. The van der Waals surface area contributed by atoms with Crippen LogP contribution in [0.5, 0.6) is 0 Å². The second-order valence-electron chi connectivity index (χ2n) is 8.51. The molecule has 1 atom stereocenters. The van der Waals surface area contributed by atoms with E-state index in [4.69, 9.17) is 16.3 Å². The molecule has 0 radical (unpaired) electrons. The Kier molecular flexibility index (Phi) is 7.41. The number of thiazole rings is 2. The van der Waals surface area contributed by atoms with E-state index in [1.807, 2.05) is 4.90 Å². The summed E-state index contributed by atoms with van der Waals surface area (Å²) in [6.07, 6.45) is 2.79. The van der Waals surface area contributed by atoms with Gasteiger partial charge in [-0.2, -0.15) is 0 Å². The molecule has 0 amide bonds. The standard InChI is InChI=1S/C24H20ClF2N5O4S2/c1-36-23(35)15-18(11-4-7-32(8-5-11)24-29-14(10-38-24)22(33)34)30-20(21-28-6-9-37-21)31-19(15)12-2-3-13(26)17(27)16(12)25/h2-3,6,9-11,19H,4-5,7-8H2,1H3,(H,30,31)(H,33,34). The summed E-state index contributed by atoms with van der Waals surface area (Å²) >= 11 is 8.80. The number of nitrogens with zero attached hydrogens (tertiary/aromatic N) is 4. The van der Waals surface area contributed by atoms with Crippen molar-refractivity contribution in [1.29, 1.82) is 0 Å². The van der Waals surface area contributed by atoms with Gasteiger partial charge in [0.15, 0.2) is 33.3 Å². The number of aromatic carboxylic acids is 1. The predicted octanol–water partition coefficient (Wildman–Crippen LogP) is 4.66. The molecule has 2 aliphatic heterocycles. The van der Waals surface area contributed by atoms with Crippen LogP contribution < -0.4 is 10.2 Å². The van der Waals surface area contributed by atoms with Crippen LogP contribution in [0, 0.1) is 17.6 Å². The lowest BCUT2D eigenvalue weighted by Gasteiger charge is -2.36. The summed E-state index contributed by atoms with van der Waals surface area (Å²) in [6, 6.07) is 1.20. The Hall–Kier alpha value is -3.42. The lowest BCUT2D eigenvalue weighted by molar-refractivity contribution is -0.136. The summed E-state index contributed by atoms with van der Waals surface area (Å²) < 4.78 is 33.4. The second-order valence-corrected chi connectivity index (χ2v) is 10.6. The Labute approximate surface area is 228 Å². The van der Waals surface area contributed by atoms with Crippen molar-refractivity contribution in [2.24, 2.45) is 10.9 Å². The first-order chi connectivity index (χ1) is 18.3. The molecular weight excluding hydrogens is 560 g/mol. The summed E-state index contributed by atoms with van der Waals surface area (Å²) in [5.41, 5.74) is 0.821. The number of piperidine rings is 1. The number of amidine groups is 1. The van der Waals surface area contributed by atoms with Gasteiger partial charge in [-0.05, 0) is 18.9 Å². The molecule has 1 unspecified atom stereocenters. The lowest BCUT2D eigenvalue weighted by Crippen LogP contribution is -2.41. The minimum Gasteiger partial charge on any atom is -0.476 e. The van der Waals surface area contributed by atoms with Crippen molar-refractivity contribution in [3.8, 4) is 0 Å². The Morgan fingerprint density at radius 3 is 2.63 bits per heavy atom. The number of aromatic nitrogens is 2. The molecule has 2 aromatic heterocycles. The van der Waals surface area contributed by atoms with E-state index in [1.165, 1.54) is 41.2 Å². The Morgan fingerprint density at radius 1 is 1.24 bits per heavy atom. The number of allylic oxidation sites excluding steroid dienone is 1. The predicted molar refractivity (Wildman–Crippen MR) is 139 cm³/mol. The first-order valence-electron chi connectivity index (χ1n) is 11.4. The minimum atomic E-state index is -1.23. The Morgan fingerprint density at radius 2 is 2.00 bits per heavy atom. The fourth-order valence-corrected chi connectivity index (χ4v) is 6.21. The summed E-state index contributed by atoms with van der Waals surface area (Å²) in [7, 11) is 1.24. The smallest absolute Gasteiger partial charge is 0.355 e. The van der Waals surface area contributed by atoms with Crippen molar-refractivity contribution in [2.75, 3.05) is 25.1 Å². The van der Waals surface area contributed by atoms with Crippen LogP contribution >= 0.6 is 34.3 Å². The average molecular weight is 580 g/mol. The van der Waals surface area contributed by atoms with Crippen molar-refractivity contribution >= 4 is 57.2 Å². The third kappa shape index (κ3) is 4.88. The van der Waals surface area contributed by atoms with E-state index in [0.717, 1.165) is 6.07 Å². The fraction of sp³-hybridized carbons (Fsp3) is 0.292. The number of methoxy groups -OCH3 is 1. The van der Waals surface area contributed by atoms with Crippen molar-refractivity contribution < 1.29 is 28.2 Å². The van der Waals surface area contributed by atoms with Gasteiger partial charge in [0.1, 0.15) is 6.04 Å². The largest absolute Gasteiger partial charge is 0.476 e. The molecule has 3 aromatic rings.